The van der Waals surface area contributed by atoms with Gasteiger partial charge in [-0.05, 0) is 41.8 Å². The fourth-order valence-corrected chi connectivity index (χ4v) is 4.53. The molecule has 0 amide bonds. The van der Waals surface area contributed by atoms with E-state index in [-0.39, 0.29) is 23.9 Å². The molecule has 2 aromatic rings. The highest BCUT2D eigenvalue weighted by atomic mass is 16.7. The van der Waals surface area contributed by atoms with Crippen LogP contribution >= 0.6 is 0 Å². The number of ether oxygens (including phenoxy) is 7. The van der Waals surface area contributed by atoms with Gasteiger partial charge in [0.25, 0.3) is 0 Å². The van der Waals surface area contributed by atoms with E-state index in [2.05, 4.69) is 0 Å². The highest BCUT2D eigenvalue weighted by Gasteiger charge is 2.45. The zero-order chi connectivity index (χ0) is 28.7. The van der Waals surface area contributed by atoms with Gasteiger partial charge < -0.3 is 33.2 Å². The van der Waals surface area contributed by atoms with Crippen molar-refractivity contribution in [3.05, 3.63) is 47.5 Å². The van der Waals surface area contributed by atoms with Crippen LogP contribution in [0.3, 0.4) is 0 Å². The fourth-order valence-electron chi connectivity index (χ4n) is 4.53. The zero-order valence-electron chi connectivity index (χ0n) is 22.7. The summed E-state index contributed by atoms with van der Waals surface area (Å²) in [5.74, 6) is -1.82. The molecule has 0 N–H and O–H groups in total. The monoisotopic (exact) mass is 544 g/mol. The van der Waals surface area contributed by atoms with Crippen molar-refractivity contribution in [1.29, 1.82) is 0 Å². The summed E-state index contributed by atoms with van der Waals surface area (Å²) in [6.07, 6.45) is -1.37. The molecule has 1 aliphatic heterocycles. The number of hydrogen-bond donors (Lipinski definition) is 0. The first-order chi connectivity index (χ1) is 18.5. The van der Waals surface area contributed by atoms with Gasteiger partial charge >= 0.3 is 23.9 Å². The van der Waals surface area contributed by atoms with Crippen molar-refractivity contribution in [2.45, 2.75) is 46.5 Å². The van der Waals surface area contributed by atoms with Gasteiger partial charge in [-0.15, -0.1) is 0 Å². The number of esters is 4. The summed E-state index contributed by atoms with van der Waals surface area (Å²) in [7, 11) is 2.89. The average molecular weight is 545 g/mol. The molecule has 1 fully saturated rings. The molecule has 0 bridgehead atoms. The molecule has 210 valence electrons. The third kappa shape index (κ3) is 7.70. The number of carbonyl (C=O) groups is 4. The predicted octanol–water partition coefficient (Wildman–Crippen LogP) is 3.55. The van der Waals surface area contributed by atoms with Crippen molar-refractivity contribution < 1.29 is 52.3 Å². The van der Waals surface area contributed by atoms with Crippen LogP contribution in [0.5, 0.6) is 23.0 Å². The Balaban J connectivity index is 2.00. The summed E-state index contributed by atoms with van der Waals surface area (Å²) in [5, 5.41) is 0. The Morgan fingerprint density at radius 1 is 0.795 bits per heavy atom. The minimum Gasteiger partial charge on any atom is -0.493 e. The highest BCUT2D eigenvalue weighted by molar-refractivity contribution is 5.71. The second-order valence-corrected chi connectivity index (χ2v) is 8.96. The van der Waals surface area contributed by atoms with Crippen LogP contribution in [0.2, 0.25) is 0 Å². The normalized spacial score (nSPS) is 19.0. The lowest BCUT2D eigenvalue weighted by atomic mass is 9.82. The molecule has 3 rings (SSSR count). The Hall–Kier alpha value is -4.12. The van der Waals surface area contributed by atoms with E-state index in [0.717, 1.165) is 5.56 Å². The van der Waals surface area contributed by atoms with Gasteiger partial charge in [-0.3, -0.25) is 19.2 Å². The molecule has 0 saturated carbocycles. The van der Waals surface area contributed by atoms with Crippen molar-refractivity contribution in [2.24, 2.45) is 11.8 Å². The van der Waals surface area contributed by atoms with Crippen molar-refractivity contribution in [3.8, 4) is 23.0 Å². The molecule has 0 aromatic heterocycles. The van der Waals surface area contributed by atoms with Gasteiger partial charge in [-0.1, -0.05) is 12.1 Å². The Morgan fingerprint density at radius 2 is 1.38 bits per heavy atom. The van der Waals surface area contributed by atoms with Crippen LogP contribution in [-0.2, 0) is 39.8 Å². The quantitative estimate of drug-likeness (QED) is 0.321. The Bertz CT molecular complexity index is 1220. The smallest absolute Gasteiger partial charge is 0.308 e. The van der Waals surface area contributed by atoms with Crippen molar-refractivity contribution >= 4 is 23.9 Å². The van der Waals surface area contributed by atoms with Gasteiger partial charge in [0.15, 0.2) is 23.0 Å². The second-order valence-electron chi connectivity index (χ2n) is 8.96. The number of methoxy groups -OCH3 is 2. The van der Waals surface area contributed by atoms with Gasteiger partial charge in [0.2, 0.25) is 6.29 Å². The van der Waals surface area contributed by atoms with Crippen LogP contribution in [0.15, 0.2) is 36.4 Å². The van der Waals surface area contributed by atoms with E-state index < -0.39 is 48.1 Å². The van der Waals surface area contributed by atoms with E-state index in [9.17, 15) is 19.2 Å². The number of rotatable bonds is 10. The largest absolute Gasteiger partial charge is 0.493 e. The SMILES string of the molecule is COc1cc(C[C@H]2[C@H](OC(C)=O)OC[C@@H]2[C@H](OC(C)=O)c2ccc(OC(C)=O)c(OC)c2)ccc1OC(C)=O. The zero-order valence-corrected chi connectivity index (χ0v) is 22.7. The molecule has 0 radical (unpaired) electrons. The van der Waals surface area contributed by atoms with E-state index >= 15 is 0 Å². The molecule has 11 heteroatoms. The third-order valence-corrected chi connectivity index (χ3v) is 6.04. The molecule has 1 heterocycles. The number of hydrogen-bond acceptors (Lipinski definition) is 11. The molecule has 0 spiro atoms. The summed E-state index contributed by atoms with van der Waals surface area (Å²) < 4.78 is 38.3. The Kier molecular flexibility index (Phi) is 9.89. The summed E-state index contributed by atoms with van der Waals surface area (Å²) in [6, 6.07) is 9.94. The Morgan fingerprint density at radius 3 is 1.92 bits per heavy atom. The molecule has 39 heavy (non-hydrogen) atoms. The Labute approximate surface area is 226 Å². The third-order valence-electron chi connectivity index (χ3n) is 6.04. The van der Waals surface area contributed by atoms with Crippen LogP contribution in [0, 0.1) is 11.8 Å². The van der Waals surface area contributed by atoms with E-state index in [1.807, 2.05) is 0 Å². The lowest BCUT2D eigenvalue weighted by Gasteiger charge is -2.29. The van der Waals surface area contributed by atoms with Gasteiger partial charge in [0.1, 0.15) is 6.10 Å². The number of benzene rings is 2. The maximum Gasteiger partial charge on any atom is 0.308 e. The van der Waals surface area contributed by atoms with Crippen LogP contribution < -0.4 is 18.9 Å². The van der Waals surface area contributed by atoms with Crippen molar-refractivity contribution in [2.75, 3.05) is 20.8 Å². The van der Waals surface area contributed by atoms with E-state index in [1.54, 1.807) is 36.4 Å². The first kappa shape index (κ1) is 29.4. The molecule has 0 unspecified atom stereocenters. The summed E-state index contributed by atoms with van der Waals surface area (Å²) in [4.78, 5) is 47.0. The lowest BCUT2D eigenvalue weighted by Crippen LogP contribution is -2.31. The summed E-state index contributed by atoms with van der Waals surface area (Å²) in [6.45, 7) is 5.27. The van der Waals surface area contributed by atoms with Crippen molar-refractivity contribution in [1.82, 2.24) is 0 Å². The standard InChI is InChI=1S/C28H32O11/c1-15(29)36-23-9-7-19(12-25(23)33-5)11-21-22(14-35-28(21)39-18(4)32)27(38-17(3)31)20-8-10-24(37-16(2)30)26(13-20)34-6/h7-10,12-13,21-22,27-28H,11,14H2,1-6H3/t21-,22+,27-,28+/m1/s1. The van der Waals surface area contributed by atoms with Crippen molar-refractivity contribution in [3.63, 3.8) is 0 Å². The topological polar surface area (TPSA) is 133 Å². The van der Waals surface area contributed by atoms with Crippen LogP contribution in [-0.4, -0.2) is 51.0 Å². The maximum absolute atomic E-state index is 12.2. The minimum atomic E-state index is -0.910. The van der Waals surface area contributed by atoms with E-state index in [0.29, 0.717) is 17.7 Å². The first-order valence-electron chi connectivity index (χ1n) is 12.2. The lowest BCUT2D eigenvalue weighted by molar-refractivity contribution is -0.173. The summed E-state index contributed by atoms with van der Waals surface area (Å²) in [5.41, 5.74) is 1.35. The molecular weight excluding hydrogens is 512 g/mol. The van der Waals surface area contributed by atoms with Gasteiger partial charge in [0, 0.05) is 39.5 Å². The maximum atomic E-state index is 12.2. The predicted molar refractivity (Wildman–Crippen MR) is 135 cm³/mol. The van der Waals surface area contributed by atoms with Gasteiger partial charge in [0.05, 0.1) is 20.8 Å². The fraction of sp³-hybridized carbons (Fsp3) is 0.429. The van der Waals surface area contributed by atoms with Crippen LogP contribution in [0.1, 0.15) is 44.9 Å². The van der Waals surface area contributed by atoms with E-state index in [4.69, 9.17) is 33.2 Å². The molecule has 2 aromatic carbocycles. The molecule has 4 atom stereocenters. The molecule has 0 aliphatic carbocycles. The van der Waals surface area contributed by atoms with Gasteiger partial charge in [-0.2, -0.15) is 0 Å². The molecule has 1 aliphatic rings. The summed E-state index contributed by atoms with van der Waals surface area (Å²) >= 11 is 0. The average Bonchev–Trinajstić information content (AvgIpc) is 3.23. The molecule has 11 nitrogen and oxygen atoms in total. The van der Waals surface area contributed by atoms with E-state index in [1.165, 1.54) is 41.9 Å². The molecular formula is C28H32O11. The highest BCUT2D eigenvalue weighted by Crippen LogP contribution is 2.43. The minimum absolute atomic E-state index is 0.122. The number of carbonyl (C=O) groups excluding carboxylic acids is 4. The second kappa shape index (κ2) is 13.1. The molecule has 1 saturated heterocycles. The first-order valence-corrected chi connectivity index (χ1v) is 12.2. The van der Waals surface area contributed by atoms with Gasteiger partial charge in [-0.25, -0.2) is 0 Å². The van der Waals surface area contributed by atoms with Crippen LogP contribution in [0.25, 0.3) is 0 Å². The van der Waals surface area contributed by atoms with Crippen LogP contribution in [0.4, 0.5) is 0 Å².